The topological polar surface area (TPSA) is 66.8 Å². The van der Waals surface area contributed by atoms with E-state index in [2.05, 4.69) is 0 Å². The van der Waals surface area contributed by atoms with Crippen molar-refractivity contribution in [2.45, 2.75) is 19.9 Å². The number of phenols is 1. The zero-order valence-corrected chi connectivity index (χ0v) is 14.0. The van der Waals surface area contributed by atoms with Crippen molar-refractivity contribution in [3.63, 3.8) is 0 Å². The molecule has 1 unspecified atom stereocenters. The molecule has 2 rings (SSSR count). The number of rotatable bonds is 5. The first-order chi connectivity index (χ1) is 11.4. The van der Waals surface area contributed by atoms with E-state index in [0.29, 0.717) is 0 Å². The molecule has 0 fully saturated rings. The van der Waals surface area contributed by atoms with Crippen LogP contribution >= 0.6 is 0 Å². The summed E-state index contributed by atoms with van der Waals surface area (Å²) < 4.78 is 5.04. The minimum atomic E-state index is -0.717. The molecule has 0 saturated carbocycles. The fraction of sp³-hybridized carbons (Fsp3) is 0.263. The molecule has 2 aromatic carbocycles. The first-order valence-electron chi connectivity index (χ1n) is 7.67. The van der Waals surface area contributed by atoms with Crippen LogP contribution in [0.5, 0.6) is 5.75 Å². The number of aryl methyl sites for hydroxylation is 1. The van der Waals surface area contributed by atoms with Crippen LogP contribution in [0, 0.1) is 6.92 Å². The van der Waals surface area contributed by atoms with Crippen molar-refractivity contribution in [3.05, 3.63) is 65.2 Å². The molecule has 0 aliphatic carbocycles. The molecular weight excluding hydrogens is 306 g/mol. The van der Waals surface area contributed by atoms with Crippen LogP contribution in [0.2, 0.25) is 0 Å². The summed E-state index contributed by atoms with van der Waals surface area (Å²) in [5, 5.41) is 9.72. The van der Waals surface area contributed by atoms with E-state index in [1.807, 2.05) is 37.3 Å². The third-order valence-corrected chi connectivity index (χ3v) is 3.96. The third-order valence-electron chi connectivity index (χ3n) is 3.96. The predicted octanol–water partition coefficient (Wildman–Crippen LogP) is 3.08. The van der Waals surface area contributed by atoms with E-state index in [-0.39, 0.29) is 29.9 Å². The van der Waals surface area contributed by atoms with Gasteiger partial charge in [0.25, 0.3) is 5.91 Å². The minimum absolute atomic E-state index is 0.0570. The summed E-state index contributed by atoms with van der Waals surface area (Å²) >= 11 is 0. The summed E-state index contributed by atoms with van der Waals surface area (Å²) in [5.41, 5.74) is 1.87. The van der Waals surface area contributed by atoms with Crippen LogP contribution in [0.3, 0.4) is 0 Å². The quantitative estimate of drug-likeness (QED) is 0.857. The highest BCUT2D eigenvalue weighted by Crippen LogP contribution is 2.20. The number of ether oxygens (including phenoxy) is 1. The third kappa shape index (κ3) is 4.13. The van der Waals surface area contributed by atoms with Crippen molar-refractivity contribution in [2.75, 3.05) is 13.7 Å². The Morgan fingerprint density at radius 1 is 1.17 bits per heavy atom. The number of carbonyl (C=O) groups is 2. The molecule has 0 aromatic heterocycles. The zero-order chi connectivity index (χ0) is 17.7. The maximum Gasteiger partial charge on any atom is 0.342 e. The van der Waals surface area contributed by atoms with Gasteiger partial charge < -0.3 is 14.7 Å². The number of hydrogen-bond acceptors (Lipinski definition) is 4. The van der Waals surface area contributed by atoms with Crippen molar-refractivity contribution in [3.8, 4) is 5.75 Å². The van der Waals surface area contributed by atoms with Gasteiger partial charge in [-0.15, -0.1) is 0 Å². The second kappa shape index (κ2) is 7.64. The molecule has 0 spiro atoms. The van der Waals surface area contributed by atoms with Crippen LogP contribution in [0.4, 0.5) is 0 Å². The van der Waals surface area contributed by atoms with Gasteiger partial charge in [0.05, 0.1) is 6.04 Å². The Kier molecular flexibility index (Phi) is 5.58. The molecule has 126 valence electrons. The molecule has 0 aliphatic heterocycles. The van der Waals surface area contributed by atoms with E-state index in [0.717, 1.165) is 11.1 Å². The highest BCUT2D eigenvalue weighted by atomic mass is 16.5. The lowest BCUT2D eigenvalue weighted by atomic mass is 10.1. The van der Waals surface area contributed by atoms with Gasteiger partial charge in [-0.3, -0.25) is 4.79 Å². The van der Waals surface area contributed by atoms with Gasteiger partial charge in [0, 0.05) is 7.05 Å². The number of esters is 1. The number of nitrogens with zero attached hydrogens (tertiary/aromatic N) is 1. The monoisotopic (exact) mass is 327 g/mol. The van der Waals surface area contributed by atoms with E-state index in [1.54, 1.807) is 20.0 Å². The molecule has 5 nitrogen and oxygen atoms in total. The van der Waals surface area contributed by atoms with E-state index in [4.69, 9.17) is 4.74 Å². The average Bonchev–Trinajstić information content (AvgIpc) is 2.60. The van der Waals surface area contributed by atoms with Gasteiger partial charge in [-0.25, -0.2) is 4.79 Å². The molecule has 24 heavy (non-hydrogen) atoms. The lowest BCUT2D eigenvalue weighted by Crippen LogP contribution is -2.33. The Morgan fingerprint density at radius 2 is 1.83 bits per heavy atom. The van der Waals surface area contributed by atoms with Gasteiger partial charge >= 0.3 is 5.97 Å². The van der Waals surface area contributed by atoms with Gasteiger partial charge in [-0.05, 0) is 31.5 Å². The van der Waals surface area contributed by atoms with E-state index in [9.17, 15) is 14.7 Å². The molecule has 0 saturated heterocycles. The second-order valence-corrected chi connectivity index (χ2v) is 5.69. The van der Waals surface area contributed by atoms with Gasteiger partial charge in [0.2, 0.25) is 0 Å². The van der Waals surface area contributed by atoms with Crippen LogP contribution in [0.25, 0.3) is 0 Å². The van der Waals surface area contributed by atoms with Gasteiger partial charge in [0.15, 0.2) is 6.61 Å². The molecule has 1 amide bonds. The molecule has 0 heterocycles. The zero-order valence-electron chi connectivity index (χ0n) is 14.0. The summed E-state index contributed by atoms with van der Waals surface area (Å²) in [7, 11) is 1.66. The SMILES string of the molecule is Cc1ccc(O)c(C(=O)OCC(=O)N(C)C(C)c2ccccc2)c1. The Labute approximate surface area is 141 Å². The lowest BCUT2D eigenvalue weighted by Gasteiger charge is -2.25. The highest BCUT2D eigenvalue weighted by molar-refractivity contribution is 5.94. The molecule has 0 aliphatic rings. The Bertz CT molecular complexity index is 727. The first-order valence-corrected chi connectivity index (χ1v) is 7.67. The molecule has 1 N–H and O–H groups in total. The highest BCUT2D eigenvalue weighted by Gasteiger charge is 2.20. The van der Waals surface area contributed by atoms with E-state index in [1.165, 1.54) is 17.0 Å². The standard InChI is InChI=1S/C19H21NO4/c1-13-9-10-17(21)16(11-13)19(23)24-12-18(22)20(3)14(2)15-7-5-4-6-8-15/h4-11,14,21H,12H2,1-3H3. The molecule has 0 radical (unpaired) electrons. The van der Waals surface area contributed by atoms with Crippen LogP contribution in [0.15, 0.2) is 48.5 Å². The Morgan fingerprint density at radius 3 is 2.50 bits per heavy atom. The number of aromatic hydroxyl groups is 1. The largest absolute Gasteiger partial charge is 0.507 e. The van der Waals surface area contributed by atoms with E-state index >= 15 is 0 Å². The van der Waals surface area contributed by atoms with Gasteiger partial charge in [-0.1, -0.05) is 42.0 Å². The molecule has 0 bridgehead atoms. The summed E-state index contributed by atoms with van der Waals surface area (Å²) in [6.07, 6.45) is 0. The summed E-state index contributed by atoms with van der Waals surface area (Å²) in [5.74, 6) is -1.19. The number of benzene rings is 2. The van der Waals surface area contributed by atoms with Gasteiger partial charge in [-0.2, -0.15) is 0 Å². The normalized spacial score (nSPS) is 11.6. The summed E-state index contributed by atoms with van der Waals surface area (Å²) in [6, 6.07) is 14.1. The molecule has 1 atom stereocenters. The maximum atomic E-state index is 12.2. The smallest absolute Gasteiger partial charge is 0.342 e. The van der Waals surface area contributed by atoms with Crippen molar-refractivity contribution in [1.29, 1.82) is 0 Å². The summed E-state index contributed by atoms with van der Waals surface area (Å²) in [6.45, 7) is 3.33. The van der Waals surface area contributed by atoms with Crippen molar-refractivity contribution in [1.82, 2.24) is 4.90 Å². The fourth-order valence-electron chi connectivity index (χ4n) is 2.29. The number of likely N-dealkylation sites (N-methyl/N-ethyl adjacent to an activating group) is 1. The number of hydrogen-bond donors (Lipinski definition) is 1. The first kappa shape index (κ1) is 17.5. The lowest BCUT2D eigenvalue weighted by molar-refractivity contribution is -0.135. The Hall–Kier alpha value is -2.82. The van der Waals surface area contributed by atoms with Crippen LogP contribution in [-0.2, 0) is 9.53 Å². The van der Waals surface area contributed by atoms with Crippen LogP contribution in [0.1, 0.15) is 34.5 Å². The number of amides is 1. The van der Waals surface area contributed by atoms with Crippen LogP contribution < -0.4 is 0 Å². The summed E-state index contributed by atoms with van der Waals surface area (Å²) in [4.78, 5) is 25.8. The maximum absolute atomic E-state index is 12.2. The van der Waals surface area contributed by atoms with Gasteiger partial charge in [0.1, 0.15) is 11.3 Å². The van der Waals surface area contributed by atoms with E-state index < -0.39 is 5.97 Å². The molecule has 5 heteroatoms. The molecule has 2 aromatic rings. The predicted molar refractivity (Wildman–Crippen MR) is 90.8 cm³/mol. The van der Waals surface area contributed by atoms with Crippen LogP contribution in [-0.4, -0.2) is 35.5 Å². The average molecular weight is 327 g/mol. The van der Waals surface area contributed by atoms with Crippen molar-refractivity contribution in [2.24, 2.45) is 0 Å². The molecular formula is C19H21NO4. The van der Waals surface area contributed by atoms with Crippen molar-refractivity contribution >= 4 is 11.9 Å². The number of phenolic OH excluding ortho intramolecular Hbond substituents is 1. The number of carbonyl (C=O) groups excluding carboxylic acids is 2. The Balaban J connectivity index is 1.97. The fourth-order valence-corrected chi connectivity index (χ4v) is 2.29. The minimum Gasteiger partial charge on any atom is -0.507 e. The second-order valence-electron chi connectivity index (χ2n) is 5.69. The van der Waals surface area contributed by atoms with Crippen molar-refractivity contribution < 1.29 is 19.4 Å².